The van der Waals surface area contributed by atoms with Crippen LogP contribution in [-0.2, 0) is 13.1 Å². The fourth-order valence-corrected chi connectivity index (χ4v) is 4.02. The number of benzene rings is 2. The highest BCUT2D eigenvalue weighted by Crippen LogP contribution is 2.43. The summed E-state index contributed by atoms with van der Waals surface area (Å²) in [6, 6.07) is 13.1. The summed E-state index contributed by atoms with van der Waals surface area (Å²) >= 11 is 0. The number of para-hydroxylation sites is 1. The summed E-state index contributed by atoms with van der Waals surface area (Å²) in [7, 11) is 3.14. The van der Waals surface area contributed by atoms with Crippen LogP contribution in [0.1, 0.15) is 27.0 Å². The molecule has 0 bridgehead atoms. The molecule has 5 rings (SSSR count). The van der Waals surface area contributed by atoms with Crippen molar-refractivity contribution < 1.29 is 23.7 Å². The molecule has 0 amide bonds. The Morgan fingerprint density at radius 1 is 1.09 bits per heavy atom. The predicted octanol–water partition coefficient (Wildman–Crippen LogP) is 4.07. The van der Waals surface area contributed by atoms with Crippen molar-refractivity contribution in [2.75, 3.05) is 21.0 Å². The monoisotopic (exact) mass is 430 g/mol. The van der Waals surface area contributed by atoms with Gasteiger partial charge in [0.15, 0.2) is 17.3 Å². The van der Waals surface area contributed by atoms with Crippen LogP contribution in [0.2, 0.25) is 0 Å². The van der Waals surface area contributed by atoms with Crippen molar-refractivity contribution in [3.63, 3.8) is 0 Å². The van der Waals surface area contributed by atoms with Gasteiger partial charge in [-0.2, -0.15) is 0 Å². The molecule has 0 fully saturated rings. The third-order valence-electron chi connectivity index (χ3n) is 5.56. The van der Waals surface area contributed by atoms with E-state index >= 15 is 0 Å². The second kappa shape index (κ2) is 8.36. The summed E-state index contributed by atoms with van der Waals surface area (Å²) in [5.41, 5.74) is 3.25. The van der Waals surface area contributed by atoms with E-state index in [1.807, 2.05) is 30.3 Å². The molecule has 0 radical (unpaired) electrons. The zero-order valence-electron chi connectivity index (χ0n) is 17.8. The zero-order valence-corrected chi connectivity index (χ0v) is 17.8. The molecular formula is C25H22N2O5. The van der Waals surface area contributed by atoms with E-state index in [0.29, 0.717) is 48.2 Å². The molecule has 162 valence electrons. The van der Waals surface area contributed by atoms with E-state index in [9.17, 15) is 4.79 Å². The van der Waals surface area contributed by atoms with Gasteiger partial charge >= 0.3 is 0 Å². The molecule has 7 nitrogen and oxygen atoms in total. The maximum absolute atomic E-state index is 13.1. The number of allylic oxidation sites excluding steroid dienone is 1. The summed E-state index contributed by atoms with van der Waals surface area (Å²) in [6.45, 7) is 1.79. The lowest BCUT2D eigenvalue weighted by atomic mass is 10.0. The van der Waals surface area contributed by atoms with Crippen molar-refractivity contribution in [2.24, 2.45) is 0 Å². The number of pyridine rings is 1. The first-order valence-electron chi connectivity index (χ1n) is 10.2. The lowest BCUT2D eigenvalue weighted by Gasteiger charge is -2.29. The van der Waals surface area contributed by atoms with E-state index in [1.165, 1.54) is 0 Å². The molecule has 1 aromatic heterocycles. The van der Waals surface area contributed by atoms with Crippen LogP contribution in [0.25, 0.3) is 6.08 Å². The van der Waals surface area contributed by atoms with Crippen molar-refractivity contribution >= 4 is 11.9 Å². The highest BCUT2D eigenvalue weighted by molar-refractivity contribution is 6.15. The molecule has 32 heavy (non-hydrogen) atoms. The van der Waals surface area contributed by atoms with Gasteiger partial charge in [0.05, 0.1) is 25.3 Å². The molecule has 0 saturated carbocycles. The Hall–Kier alpha value is -3.84. The lowest BCUT2D eigenvalue weighted by Crippen LogP contribution is -2.31. The van der Waals surface area contributed by atoms with Gasteiger partial charge in [0, 0.05) is 31.0 Å². The molecule has 0 atom stereocenters. The third-order valence-corrected chi connectivity index (χ3v) is 5.56. The summed E-state index contributed by atoms with van der Waals surface area (Å²) < 4.78 is 22.9. The van der Waals surface area contributed by atoms with Crippen LogP contribution >= 0.6 is 0 Å². The Labute approximate surface area is 185 Å². The van der Waals surface area contributed by atoms with Crippen LogP contribution in [0.15, 0.2) is 60.6 Å². The first kappa shape index (κ1) is 20.1. The van der Waals surface area contributed by atoms with Gasteiger partial charge in [0.2, 0.25) is 5.78 Å². The number of nitrogens with zero attached hydrogens (tertiary/aromatic N) is 2. The predicted molar refractivity (Wildman–Crippen MR) is 118 cm³/mol. The molecule has 2 aromatic carbocycles. The number of fused-ring (bicyclic) bond motifs is 3. The molecule has 7 heteroatoms. The van der Waals surface area contributed by atoms with Crippen LogP contribution in [0, 0.1) is 0 Å². The maximum Gasteiger partial charge on any atom is 0.231 e. The normalized spacial score (nSPS) is 16.2. The summed E-state index contributed by atoms with van der Waals surface area (Å²) in [5.74, 6) is 2.50. The van der Waals surface area contributed by atoms with Crippen LogP contribution in [-0.4, -0.2) is 36.6 Å². The molecule has 3 heterocycles. The molecular weight excluding hydrogens is 408 g/mol. The molecule has 0 aliphatic carbocycles. The molecule has 0 spiro atoms. The fourth-order valence-electron chi connectivity index (χ4n) is 4.02. The van der Waals surface area contributed by atoms with Gasteiger partial charge in [-0.15, -0.1) is 0 Å². The van der Waals surface area contributed by atoms with Gasteiger partial charge in [-0.05, 0) is 42.0 Å². The minimum Gasteiger partial charge on any atom is -0.493 e. The molecule has 0 unspecified atom stereocenters. The van der Waals surface area contributed by atoms with E-state index in [2.05, 4.69) is 9.88 Å². The number of aromatic nitrogens is 1. The highest BCUT2D eigenvalue weighted by Gasteiger charge is 2.34. The lowest BCUT2D eigenvalue weighted by molar-refractivity contribution is 0.0872. The second-order valence-electron chi connectivity index (χ2n) is 7.56. The summed E-state index contributed by atoms with van der Waals surface area (Å²) in [6.07, 6.45) is 5.24. The number of rotatable bonds is 5. The number of methoxy groups -OCH3 is 2. The van der Waals surface area contributed by atoms with Crippen molar-refractivity contribution in [3.05, 3.63) is 82.9 Å². The van der Waals surface area contributed by atoms with Crippen LogP contribution in [0.3, 0.4) is 0 Å². The quantitative estimate of drug-likeness (QED) is 0.565. The van der Waals surface area contributed by atoms with Crippen molar-refractivity contribution in [1.82, 2.24) is 9.88 Å². The van der Waals surface area contributed by atoms with Gasteiger partial charge in [-0.25, -0.2) is 0 Å². The van der Waals surface area contributed by atoms with E-state index in [0.717, 1.165) is 16.9 Å². The standard InChI is InChI=1S/C25H22N2O5/c1-29-21-5-3-4-17(24(21)30-2)12-22-23(28)18-6-7-20-19(25(18)32-22)14-27(15-31-20)13-16-8-10-26-11-9-16/h3-12H,13-15H2,1-2H3. The first-order valence-corrected chi connectivity index (χ1v) is 10.2. The average Bonchev–Trinajstić information content (AvgIpc) is 3.15. The fraction of sp³-hybridized carbons (Fsp3) is 0.200. The second-order valence-corrected chi connectivity index (χ2v) is 7.56. The maximum atomic E-state index is 13.1. The average molecular weight is 430 g/mol. The van der Waals surface area contributed by atoms with E-state index in [4.69, 9.17) is 18.9 Å². The summed E-state index contributed by atoms with van der Waals surface area (Å²) in [5, 5.41) is 0. The Morgan fingerprint density at radius 2 is 1.94 bits per heavy atom. The zero-order chi connectivity index (χ0) is 22.1. The Morgan fingerprint density at radius 3 is 2.72 bits per heavy atom. The Balaban J connectivity index is 1.45. The SMILES string of the molecule is COc1cccc(C=C2Oc3c(ccc4c3CN(Cc3ccncc3)CO4)C2=O)c1OC. The van der Waals surface area contributed by atoms with E-state index in [-0.39, 0.29) is 11.5 Å². The van der Waals surface area contributed by atoms with Crippen molar-refractivity contribution in [3.8, 4) is 23.0 Å². The van der Waals surface area contributed by atoms with Gasteiger partial charge in [0.1, 0.15) is 18.2 Å². The Bertz CT molecular complexity index is 1210. The smallest absolute Gasteiger partial charge is 0.231 e. The van der Waals surface area contributed by atoms with Gasteiger partial charge in [0.25, 0.3) is 0 Å². The largest absolute Gasteiger partial charge is 0.493 e. The Kier molecular flexibility index (Phi) is 5.25. The molecule has 2 aliphatic rings. The molecule has 3 aromatic rings. The van der Waals surface area contributed by atoms with Crippen LogP contribution in [0.4, 0.5) is 0 Å². The van der Waals surface area contributed by atoms with Crippen LogP contribution in [0.5, 0.6) is 23.0 Å². The van der Waals surface area contributed by atoms with Gasteiger partial charge in [-0.1, -0.05) is 12.1 Å². The molecule has 0 saturated heterocycles. The van der Waals surface area contributed by atoms with Crippen LogP contribution < -0.4 is 18.9 Å². The van der Waals surface area contributed by atoms with Gasteiger partial charge in [-0.3, -0.25) is 14.7 Å². The number of carbonyl (C=O) groups is 1. The summed E-state index contributed by atoms with van der Waals surface area (Å²) in [4.78, 5) is 19.3. The molecule has 0 N–H and O–H groups in total. The number of hydrogen-bond donors (Lipinski definition) is 0. The topological polar surface area (TPSA) is 70.1 Å². The first-order chi connectivity index (χ1) is 15.7. The number of ether oxygens (including phenoxy) is 4. The van der Waals surface area contributed by atoms with Crippen molar-refractivity contribution in [1.29, 1.82) is 0 Å². The number of hydrogen-bond acceptors (Lipinski definition) is 7. The van der Waals surface area contributed by atoms with E-state index in [1.54, 1.807) is 44.8 Å². The molecule has 2 aliphatic heterocycles. The third kappa shape index (κ3) is 3.56. The van der Waals surface area contributed by atoms with Gasteiger partial charge < -0.3 is 18.9 Å². The number of ketones is 1. The van der Waals surface area contributed by atoms with E-state index < -0.39 is 0 Å². The minimum atomic E-state index is -0.168. The number of carbonyl (C=O) groups excluding carboxylic acids is 1. The highest BCUT2D eigenvalue weighted by atomic mass is 16.5. The number of Topliss-reactive ketones (excluding diaryl/α,β-unsaturated/α-hetero) is 1. The minimum absolute atomic E-state index is 0.168. The van der Waals surface area contributed by atoms with Crippen molar-refractivity contribution in [2.45, 2.75) is 13.1 Å².